The molecule has 0 fully saturated rings. The van der Waals surface area contributed by atoms with Gasteiger partial charge in [0.1, 0.15) is 0 Å². The molecule has 0 amide bonds. The molecule has 3 aromatic rings. The molecule has 106 valence electrons. The molecule has 0 saturated heterocycles. The summed E-state index contributed by atoms with van der Waals surface area (Å²) in [5.41, 5.74) is 2.48. The van der Waals surface area contributed by atoms with Crippen molar-refractivity contribution < 1.29 is 4.39 Å². The minimum atomic E-state index is -0.312. The Balaban J connectivity index is 1.78. The van der Waals surface area contributed by atoms with Crippen LogP contribution in [-0.4, -0.2) is 9.78 Å². The summed E-state index contributed by atoms with van der Waals surface area (Å²) in [6, 6.07) is 17.0. The Morgan fingerprint density at radius 3 is 2.38 bits per heavy atom. The molecule has 21 heavy (non-hydrogen) atoms. The highest BCUT2D eigenvalue weighted by molar-refractivity contribution is 6.30. The molecule has 0 unspecified atom stereocenters. The molecule has 0 saturated carbocycles. The highest BCUT2D eigenvalue weighted by atomic mass is 35.5. The van der Waals surface area contributed by atoms with Gasteiger partial charge < -0.3 is 0 Å². The standard InChI is InChI=1S/C17H14ClFN2/c18-15-8-10-16(11-9-15)21-17(19)14(12-20-21)7-6-13-4-2-1-3-5-13/h1-5,8-12H,6-7H2. The number of nitrogens with zero attached hydrogens (tertiary/aromatic N) is 2. The summed E-state index contributed by atoms with van der Waals surface area (Å²) < 4.78 is 15.7. The number of aryl methyl sites for hydroxylation is 2. The van der Waals surface area contributed by atoms with E-state index in [1.54, 1.807) is 30.5 Å². The van der Waals surface area contributed by atoms with E-state index in [0.29, 0.717) is 22.7 Å². The van der Waals surface area contributed by atoms with Gasteiger partial charge in [0.15, 0.2) is 0 Å². The lowest BCUT2D eigenvalue weighted by Crippen LogP contribution is -2.01. The lowest BCUT2D eigenvalue weighted by molar-refractivity contribution is 0.525. The zero-order valence-corrected chi connectivity index (χ0v) is 12.1. The SMILES string of the molecule is Fc1c(CCc2ccccc2)cnn1-c1ccc(Cl)cc1. The topological polar surface area (TPSA) is 17.8 Å². The van der Waals surface area contributed by atoms with Crippen LogP contribution in [0.5, 0.6) is 0 Å². The van der Waals surface area contributed by atoms with E-state index in [-0.39, 0.29) is 5.95 Å². The summed E-state index contributed by atoms with van der Waals surface area (Å²) in [6.45, 7) is 0. The first-order valence-electron chi connectivity index (χ1n) is 6.76. The highest BCUT2D eigenvalue weighted by Crippen LogP contribution is 2.17. The van der Waals surface area contributed by atoms with Gasteiger partial charge in [-0.3, -0.25) is 0 Å². The molecular weight excluding hydrogens is 287 g/mol. The maximum Gasteiger partial charge on any atom is 0.219 e. The lowest BCUT2D eigenvalue weighted by atomic mass is 10.1. The van der Waals surface area contributed by atoms with Crippen LogP contribution in [0.4, 0.5) is 4.39 Å². The zero-order valence-electron chi connectivity index (χ0n) is 11.3. The van der Waals surface area contributed by atoms with Gasteiger partial charge in [0.05, 0.1) is 11.9 Å². The average molecular weight is 301 g/mol. The summed E-state index contributed by atoms with van der Waals surface area (Å²) in [5, 5.41) is 4.75. The van der Waals surface area contributed by atoms with Crippen LogP contribution in [-0.2, 0) is 12.8 Å². The van der Waals surface area contributed by atoms with E-state index >= 15 is 0 Å². The monoisotopic (exact) mass is 300 g/mol. The van der Waals surface area contributed by atoms with Crippen molar-refractivity contribution >= 4 is 11.6 Å². The molecule has 0 aliphatic rings. The number of aromatic nitrogens is 2. The Hall–Kier alpha value is -2.13. The molecule has 0 radical (unpaired) electrons. The summed E-state index contributed by atoms with van der Waals surface area (Å²) in [5.74, 6) is -0.312. The number of hydrogen-bond acceptors (Lipinski definition) is 1. The van der Waals surface area contributed by atoms with E-state index in [1.807, 2.05) is 30.3 Å². The first-order chi connectivity index (χ1) is 10.2. The molecular formula is C17H14ClFN2. The van der Waals surface area contributed by atoms with Gasteiger partial charge in [0, 0.05) is 10.6 Å². The molecule has 0 aliphatic heterocycles. The smallest absolute Gasteiger partial charge is 0.206 e. The molecule has 4 heteroatoms. The molecule has 0 bridgehead atoms. The minimum Gasteiger partial charge on any atom is -0.206 e. The Kier molecular flexibility index (Phi) is 4.02. The van der Waals surface area contributed by atoms with Crippen molar-refractivity contribution in [3.8, 4) is 5.69 Å². The van der Waals surface area contributed by atoms with Crippen LogP contribution in [0.3, 0.4) is 0 Å². The maximum atomic E-state index is 14.4. The molecule has 2 nitrogen and oxygen atoms in total. The Bertz CT molecular complexity index is 720. The van der Waals surface area contributed by atoms with Crippen molar-refractivity contribution in [2.75, 3.05) is 0 Å². The van der Waals surface area contributed by atoms with Crippen molar-refractivity contribution in [2.24, 2.45) is 0 Å². The molecule has 1 heterocycles. The van der Waals surface area contributed by atoms with Gasteiger partial charge in [0.25, 0.3) is 0 Å². The quantitative estimate of drug-likeness (QED) is 0.696. The Morgan fingerprint density at radius 2 is 1.67 bits per heavy atom. The predicted molar refractivity (Wildman–Crippen MR) is 82.4 cm³/mol. The van der Waals surface area contributed by atoms with Crippen molar-refractivity contribution in [1.29, 1.82) is 0 Å². The van der Waals surface area contributed by atoms with Crippen molar-refractivity contribution in [3.05, 3.63) is 82.9 Å². The van der Waals surface area contributed by atoms with Gasteiger partial charge in [0.2, 0.25) is 5.95 Å². The summed E-state index contributed by atoms with van der Waals surface area (Å²) in [4.78, 5) is 0. The van der Waals surface area contributed by atoms with Crippen molar-refractivity contribution in [1.82, 2.24) is 9.78 Å². The van der Waals surface area contributed by atoms with Gasteiger partial charge in [-0.1, -0.05) is 41.9 Å². The van der Waals surface area contributed by atoms with Crippen LogP contribution in [0.1, 0.15) is 11.1 Å². The van der Waals surface area contributed by atoms with E-state index < -0.39 is 0 Å². The van der Waals surface area contributed by atoms with Gasteiger partial charge >= 0.3 is 0 Å². The first kappa shape index (κ1) is 13.8. The number of benzene rings is 2. The average Bonchev–Trinajstić information content (AvgIpc) is 2.88. The van der Waals surface area contributed by atoms with Crippen LogP contribution >= 0.6 is 11.6 Å². The highest BCUT2D eigenvalue weighted by Gasteiger charge is 2.11. The van der Waals surface area contributed by atoms with Crippen LogP contribution in [0.15, 0.2) is 60.8 Å². The Morgan fingerprint density at radius 1 is 0.952 bits per heavy atom. The fraction of sp³-hybridized carbons (Fsp3) is 0.118. The molecule has 0 aliphatic carbocycles. The predicted octanol–water partition coefficient (Wildman–Crippen LogP) is 4.45. The lowest BCUT2D eigenvalue weighted by Gasteiger charge is -2.03. The molecule has 1 aromatic heterocycles. The number of rotatable bonds is 4. The van der Waals surface area contributed by atoms with Gasteiger partial charge in [-0.2, -0.15) is 9.49 Å². The minimum absolute atomic E-state index is 0.312. The molecule has 0 spiro atoms. The van der Waals surface area contributed by atoms with E-state index in [2.05, 4.69) is 5.10 Å². The van der Waals surface area contributed by atoms with E-state index in [1.165, 1.54) is 10.2 Å². The van der Waals surface area contributed by atoms with Crippen molar-refractivity contribution in [2.45, 2.75) is 12.8 Å². The van der Waals surface area contributed by atoms with Gasteiger partial charge in [-0.05, 0) is 42.7 Å². The second-order valence-electron chi connectivity index (χ2n) is 4.83. The van der Waals surface area contributed by atoms with Crippen LogP contribution in [0, 0.1) is 5.95 Å². The Labute approximate surface area is 127 Å². The third-order valence-corrected chi connectivity index (χ3v) is 3.63. The van der Waals surface area contributed by atoms with Gasteiger partial charge in [-0.15, -0.1) is 0 Å². The summed E-state index contributed by atoms with van der Waals surface area (Å²) in [7, 11) is 0. The summed E-state index contributed by atoms with van der Waals surface area (Å²) >= 11 is 5.84. The second kappa shape index (κ2) is 6.10. The third-order valence-electron chi connectivity index (χ3n) is 3.38. The van der Waals surface area contributed by atoms with E-state index in [9.17, 15) is 4.39 Å². The molecule has 0 N–H and O–H groups in total. The molecule has 0 atom stereocenters. The van der Waals surface area contributed by atoms with Crippen LogP contribution < -0.4 is 0 Å². The first-order valence-corrected chi connectivity index (χ1v) is 7.14. The largest absolute Gasteiger partial charge is 0.219 e. The summed E-state index contributed by atoms with van der Waals surface area (Å²) in [6.07, 6.45) is 3.01. The molecule has 3 rings (SSSR count). The third kappa shape index (κ3) is 3.14. The second-order valence-corrected chi connectivity index (χ2v) is 5.27. The van der Waals surface area contributed by atoms with Crippen LogP contribution in [0.2, 0.25) is 5.02 Å². The number of halogens is 2. The van der Waals surface area contributed by atoms with E-state index in [0.717, 1.165) is 6.42 Å². The zero-order chi connectivity index (χ0) is 14.7. The van der Waals surface area contributed by atoms with Crippen LogP contribution in [0.25, 0.3) is 5.69 Å². The van der Waals surface area contributed by atoms with Crippen molar-refractivity contribution in [3.63, 3.8) is 0 Å². The fourth-order valence-electron chi connectivity index (χ4n) is 2.22. The number of hydrogen-bond donors (Lipinski definition) is 0. The normalized spacial score (nSPS) is 10.8. The van der Waals surface area contributed by atoms with Gasteiger partial charge in [-0.25, -0.2) is 4.68 Å². The van der Waals surface area contributed by atoms with E-state index in [4.69, 9.17) is 11.6 Å². The maximum absolute atomic E-state index is 14.4. The molecule has 2 aromatic carbocycles. The fourth-order valence-corrected chi connectivity index (χ4v) is 2.35.